The van der Waals surface area contributed by atoms with Gasteiger partial charge in [-0.3, -0.25) is 4.79 Å². The van der Waals surface area contributed by atoms with Crippen LogP contribution in [0, 0.1) is 0 Å². The summed E-state index contributed by atoms with van der Waals surface area (Å²) in [4.78, 5) is 18.8. The Hall–Kier alpha value is -1.36. The van der Waals surface area contributed by atoms with Crippen molar-refractivity contribution < 1.29 is 0 Å². The maximum Gasteiger partial charge on any atom is 0.293 e. The van der Waals surface area contributed by atoms with Crippen molar-refractivity contribution in [2.75, 3.05) is 18.0 Å². The lowest BCUT2D eigenvalue weighted by molar-refractivity contribution is 0.420. The fraction of sp³-hybridized carbons (Fsp3) is 0.692. The Balaban J connectivity index is 2.32. The van der Waals surface area contributed by atoms with Crippen molar-refractivity contribution in [3.8, 4) is 0 Å². The third kappa shape index (κ3) is 2.56. The number of aryl methyl sites for hydroxylation is 1. The average Bonchev–Trinajstić information content (AvgIpc) is 2.35. The van der Waals surface area contributed by atoms with E-state index in [1.54, 1.807) is 17.0 Å². The Morgan fingerprint density at radius 1 is 1.50 bits per heavy atom. The van der Waals surface area contributed by atoms with Crippen LogP contribution in [-0.4, -0.2) is 34.7 Å². The lowest BCUT2D eigenvalue weighted by atomic mass is 10.1. The molecule has 1 fully saturated rings. The summed E-state index contributed by atoms with van der Waals surface area (Å²) in [5.74, 6) is 0.590. The summed E-state index contributed by atoms with van der Waals surface area (Å²) in [6.45, 7) is 8.81. The van der Waals surface area contributed by atoms with Crippen molar-refractivity contribution in [1.82, 2.24) is 14.9 Å². The van der Waals surface area contributed by atoms with E-state index in [1.165, 1.54) is 0 Å². The van der Waals surface area contributed by atoms with E-state index in [1.807, 2.05) is 0 Å². The highest BCUT2D eigenvalue weighted by molar-refractivity contribution is 5.38. The van der Waals surface area contributed by atoms with Gasteiger partial charge in [0, 0.05) is 44.1 Å². The van der Waals surface area contributed by atoms with Gasteiger partial charge in [0.25, 0.3) is 5.56 Å². The van der Waals surface area contributed by atoms with Gasteiger partial charge in [-0.25, -0.2) is 4.98 Å². The van der Waals surface area contributed by atoms with Crippen molar-refractivity contribution in [2.24, 2.45) is 0 Å². The number of piperazine rings is 1. The first-order valence-corrected chi connectivity index (χ1v) is 6.69. The Bertz CT molecular complexity index is 457. The van der Waals surface area contributed by atoms with Crippen molar-refractivity contribution in [3.05, 3.63) is 22.7 Å². The van der Waals surface area contributed by atoms with Crippen molar-refractivity contribution in [3.63, 3.8) is 0 Å². The van der Waals surface area contributed by atoms with Gasteiger partial charge in [-0.1, -0.05) is 6.92 Å². The molecule has 5 nitrogen and oxygen atoms in total. The second-order valence-electron chi connectivity index (χ2n) is 5.06. The molecule has 0 aliphatic carbocycles. The molecule has 0 spiro atoms. The average molecular weight is 250 g/mol. The van der Waals surface area contributed by atoms with Gasteiger partial charge in [0.05, 0.1) is 0 Å². The summed E-state index contributed by atoms with van der Waals surface area (Å²) < 4.78 is 1.75. The quantitative estimate of drug-likeness (QED) is 0.863. The van der Waals surface area contributed by atoms with Crippen molar-refractivity contribution >= 4 is 5.82 Å². The number of nitrogens with zero attached hydrogens (tertiary/aromatic N) is 3. The molecule has 1 N–H and O–H groups in total. The normalized spacial score (nSPS) is 24.3. The zero-order valence-electron chi connectivity index (χ0n) is 11.4. The minimum atomic E-state index is 0.0281. The molecule has 0 aromatic carbocycles. The lowest BCUT2D eigenvalue weighted by Crippen LogP contribution is -2.56. The summed E-state index contributed by atoms with van der Waals surface area (Å²) in [7, 11) is 0. The highest BCUT2D eigenvalue weighted by Gasteiger charge is 2.25. The summed E-state index contributed by atoms with van der Waals surface area (Å²) in [6, 6.07) is 0.695. The molecule has 100 valence electrons. The van der Waals surface area contributed by atoms with Gasteiger partial charge in [0.15, 0.2) is 5.82 Å². The number of nitrogens with one attached hydrogen (secondary N) is 1. The summed E-state index contributed by atoms with van der Waals surface area (Å²) in [5.41, 5.74) is 0.0281. The van der Waals surface area contributed by atoms with Gasteiger partial charge < -0.3 is 14.8 Å². The molecular weight excluding hydrogens is 228 g/mol. The molecular formula is C13H22N4O. The third-order valence-electron chi connectivity index (χ3n) is 3.40. The molecule has 2 heterocycles. The molecule has 18 heavy (non-hydrogen) atoms. The summed E-state index contributed by atoms with van der Waals surface area (Å²) in [6.07, 6.45) is 4.45. The van der Waals surface area contributed by atoms with E-state index in [2.05, 4.69) is 36.0 Å². The van der Waals surface area contributed by atoms with E-state index in [9.17, 15) is 4.79 Å². The molecule has 2 rings (SSSR count). The molecule has 1 aliphatic rings. The number of hydrogen-bond donors (Lipinski definition) is 1. The van der Waals surface area contributed by atoms with Crippen molar-refractivity contribution in [1.29, 1.82) is 0 Å². The monoisotopic (exact) mass is 250 g/mol. The van der Waals surface area contributed by atoms with Gasteiger partial charge in [0.1, 0.15) is 0 Å². The fourth-order valence-electron chi connectivity index (χ4n) is 2.37. The predicted molar refractivity (Wildman–Crippen MR) is 73.1 cm³/mol. The van der Waals surface area contributed by atoms with Crippen LogP contribution in [0.25, 0.3) is 0 Å². The first-order chi connectivity index (χ1) is 8.63. The molecule has 5 heteroatoms. The Morgan fingerprint density at radius 3 is 3.00 bits per heavy atom. The van der Waals surface area contributed by atoms with Crippen LogP contribution in [0.4, 0.5) is 5.82 Å². The molecule has 0 radical (unpaired) electrons. The number of anilines is 1. The predicted octanol–water partition coefficient (Wildman–Crippen LogP) is 0.840. The molecule has 0 amide bonds. The first-order valence-electron chi connectivity index (χ1n) is 6.69. The Labute approximate surface area is 108 Å². The van der Waals surface area contributed by atoms with Gasteiger partial charge in [-0.15, -0.1) is 0 Å². The lowest BCUT2D eigenvalue weighted by Gasteiger charge is -2.37. The minimum Gasteiger partial charge on any atom is -0.346 e. The topological polar surface area (TPSA) is 50.2 Å². The van der Waals surface area contributed by atoms with E-state index < -0.39 is 0 Å². The van der Waals surface area contributed by atoms with Crippen LogP contribution in [0.2, 0.25) is 0 Å². The Kier molecular flexibility index (Phi) is 4.01. The second-order valence-corrected chi connectivity index (χ2v) is 5.06. The summed E-state index contributed by atoms with van der Waals surface area (Å²) >= 11 is 0. The molecule has 1 aromatic rings. The number of hydrogen-bond acceptors (Lipinski definition) is 4. The molecule has 0 saturated carbocycles. The van der Waals surface area contributed by atoms with Gasteiger partial charge in [-0.05, 0) is 20.3 Å². The maximum absolute atomic E-state index is 12.3. The SMILES string of the molecule is CCCn1ccnc(N2CC(C)NCC2C)c1=O. The van der Waals surface area contributed by atoms with Crippen LogP contribution in [0.3, 0.4) is 0 Å². The maximum atomic E-state index is 12.3. The highest BCUT2D eigenvalue weighted by atomic mass is 16.1. The largest absolute Gasteiger partial charge is 0.346 e. The van der Waals surface area contributed by atoms with Gasteiger partial charge in [0.2, 0.25) is 0 Å². The zero-order valence-corrected chi connectivity index (χ0v) is 11.4. The molecule has 1 aliphatic heterocycles. The second kappa shape index (κ2) is 5.52. The summed E-state index contributed by atoms with van der Waals surface area (Å²) in [5, 5.41) is 3.41. The minimum absolute atomic E-state index is 0.0281. The van der Waals surface area contributed by atoms with Crippen LogP contribution in [-0.2, 0) is 6.54 Å². The van der Waals surface area contributed by atoms with E-state index in [0.29, 0.717) is 17.9 Å². The number of aromatic nitrogens is 2. The van der Waals surface area contributed by atoms with E-state index >= 15 is 0 Å². The molecule has 2 atom stereocenters. The van der Waals surface area contributed by atoms with Gasteiger partial charge in [-0.2, -0.15) is 0 Å². The van der Waals surface area contributed by atoms with Crippen LogP contribution >= 0.6 is 0 Å². The molecule has 2 unspecified atom stereocenters. The van der Waals surface area contributed by atoms with Crippen molar-refractivity contribution in [2.45, 2.75) is 45.8 Å². The van der Waals surface area contributed by atoms with E-state index in [-0.39, 0.29) is 5.56 Å². The van der Waals surface area contributed by atoms with Gasteiger partial charge >= 0.3 is 0 Å². The number of rotatable bonds is 3. The Morgan fingerprint density at radius 2 is 2.28 bits per heavy atom. The van der Waals surface area contributed by atoms with E-state index in [4.69, 9.17) is 0 Å². The molecule has 1 saturated heterocycles. The van der Waals surface area contributed by atoms with Crippen LogP contribution in [0.1, 0.15) is 27.2 Å². The standard InChI is InChI=1S/C13H22N4O/c1-4-6-16-7-5-14-12(13(16)18)17-9-10(2)15-8-11(17)3/h5,7,10-11,15H,4,6,8-9H2,1-3H3. The highest BCUT2D eigenvalue weighted by Crippen LogP contribution is 2.13. The molecule has 0 bridgehead atoms. The zero-order chi connectivity index (χ0) is 13.1. The van der Waals surface area contributed by atoms with Crippen LogP contribution < -0.4 is 15.8 Å². The van der Waals surface area contributed by atoms with E-state index in [0.717, 1.165) is 26.1 Å². The smallest absolute Gasteiger partial charge is 0.293 e. The third-order valence-corrected chi connectivity index (χ3v) is 3.40. The molecule has 1 aromatic heterocycles. The fourth-order valence-corrected chi connectivity index (χ4v) is 2.37. The van der Waals surface area contributed by atoms with Crippen LogP contribution in [0.15, 0.2) is 17.2 Å². The first kappa shape index (κ1) is 13.1. The van der Waals surface area contributed by atoms with Crippen LogP contribution in [0.5, 0.6) is 0 Å².